The Labute approximate surface area is 121 Å². The monoisotopic (exact) mass is 287 g/mol. The number of nitro benzene ring substituents is 1. The summed E-state index contributed by atoms with van der Waals surface area (Å²) in [5.74, 6) is 2.03. The van der Waals surface area contributed by atoms with Gasteiger partial charge in [-0.05, 0) is 29.8 Å². The SMILES string of the molecule is O=[N+]([O-])c1ccc(OCc2ccc3c(c2)OCCO3)cc1. The van der Waals surface area contributed by atoms with Gasteiger partial charge >= 0.3 is 0 Å². The molecule has 108 valence electrons. The highest BCUT2D eigenvalue weighted by atomic mass is 16.6. The number of fused-ring (bicyclic) bond motifs is 1. The Bertz CT molecular complexity index is 654. The predicted molar refractivity (Wildman–Crippen MR) is 74.9 cm³/mol. The summed E-state index contributed by atoms with van der Waals surface area (Å²) in [4.78, 5) is 10.1. The number of nitro groups is 1. The Morgan fingerprint density at radius 1 is 1.05 bits per heavy atom. The second kappa shape index (κ2) is 5.70. The van der Waals surface area contributed by atoms with E-state index in [1.54, 1.807) is 12.1 Å². The van der Waals surface area contributed by atoms with E-state index >= 15 is 0 Å². The highest BCUT2D eigenvalue weighted by Gasteiger charge is 2.12. The molecule has 1 aliphatic heterocycles. The van der Waals surface area contributed by atoms with Crippen LogP contribution < -0.4 is 14.2 Å². The summed E-state index contributed by atoms with van der Waals surface area (Å²) in [6.45, 7) is 1.46. The predicted octanol–water partition coefficient (Wildman–Crippen LogP) is 2.95. The lowest BCUT2D eigenvalue weighted by atomic mass is 10.2. The molecular weight excluding hydrogens is 274 g/mol. The van der Waals surface area contributed by atoms with Gasteiger partial charge in [-0.15, -0.1) is 0 Å². The van der Waals surface area contributed by atoms with E-state index in [2.05, 4.69) is 0 Å². The Balaban J connectivity index is 1.65. The van der Waals surface area contributed by atoms with Gasteiger partial charge in [0, 0.05) is 12.1 Å². The molecule has 0 atom stereocenters. The van der Waals surface area contributed by atoms with Crippen LogP contribution in [0.25, 0.3) is 0 Å². The standard InChI is InChI=1S/C15H13NO5/c17-16(18)12-2-4-13(5-3-12)21-10-11-1-6-14-15(9-11)20-8-7-19-14/h1-6,9H,7-8,10H2. The normalized spacial score (nSPS) is 12.8. The molecule has 0 bridgehead atoms. The van der Waals surface area contributed by atoms with E-state index < -0.39 is 4.92 Å². The lowest BCUT2D eigenvalue weighted by Crippen LogP contribution is -2.15. The maximum Gasteiger partial charge on any atom is 0.269 e. The van der Waals surface area contributed by atoms with Crippen molar-refractivity contribution in [3.05, 3.63) is 58.1 Å². The minimum absolute atomic E-state index is 0.0432. The van der Waals surface area contributed by atoms with Gasteiger partial charge in [-0.3, -0.25) is 10.1 Å². The molecule has 0 saturated heterocycles. The smallest absolute Gasteiger partial charge is 0.269 e. The molecular formula is C15H13NO5. The summed E-state index contributed by atoms with van der Waals surface area (Å²) in [7, 11) is 0. The number of hydrogen-bond acceptors (Lipinski definition) is 5. The molecule has 6 nitrogen and oxygen atoms in total. The van der Waals surface area contributed by atoms with E-state index in [9.17, 15) is 10.1 Å². The second-order valence-electron chi connectivity index (χ2n) is 4.52. The number of ether oxygens (including phenoxy) is 3. The average molecular weight is 287 g/mol. The van der Waals surface area contributed by atoms with E-state index in [1.165, 1.54) is 12.1 Å². The number of hydrogen-bond donors (Lipinski definition) is 0. The molecule has 2 aromatic carbocycles. The van der Waals surface area contributed by atoms with Crippen molar-refractivity contribution in [1.29, 1.82) is 0 Å². The Morgan fingerprint density at radius 3 is 2.48 bits per heavy atom. The first kappa shape index (κ1) is 13.2. The van der Waals surface area contributed by atoms with E-state index in [0.717, 1.165) is 11.3 Å². The van der Waals surface area contributed by atoms with Crippen molar-refractivity contribution in [1.82, 2.24) is 0 Å². The third-order valence-corrected chi connectivity index (χ3v) is 3.06. The van der Waals surface area contributed by atoms with Crippen molar-refractivity contribution in [3.63, 3.8) is 0 Å². The van der Waals surface area contributed by atoms with Crippen LogP contribution in [0.1, 0.15) is 5.56 Å². The van der Waals surface area contributed by atoms with Gasteiger partial charge in [-0.25, -0.2) is 0 Å². The summed E-state index contributed by atoms with van der Waals surface area (Å²) < 4.78 is 16.5. The third-order valence-electron chi connectivity index (χ3n) is 3.06. The molecule has 0 unspecified atom stereocenters. The number of nitrogens with zero attached hydrogens (tertiary/aromatic N) is 1. The maximum atomic E-state index is 10.6. The van der Waals surface area contributed by atoms with Crippen molar-refractivity contribution in [2.75, 3.05) is 13.2 Å². The minimum Gasteiger partial charge on any atom is -0.489 e. The molecule has 3 rings (SSSR count). The molecule has 0 N–H and O–H groups in total. The quantitative estimate of drug-likeness (QED) is 0.638. The minimum atomic E-state index is -0.440. The molecule has 0 fully saturated rings. The largest absolute Gasteiger partial charge is 0.489 e. The molecule has 0 aliphatic carbocycles. The third kappa shape index (κ3) is 3.05. The van der Waals surface area contributed by atoms with Gasteiger partial charge in [-0.1, -0.05) is 6.07 Å². The van der Waals surface area contributed by atoms with Crippen molar-refractivity contribution in [2.24, 2.45) is 0 Å². The van der Waals surface area contributed by atoms with E-state index in [-0.39, 0.29) is 5.69 Å². The molecule has 21 heavy (non-hydrogen) atoms. The molecule has 0 amide bonds. The summed E-state index contributed by atoms with van der Waals surface area (Å²) in [5.41, 5.74) is 0.985. The van der Waals surface area contributed by atoms with Crippen LogP contribution in [0.4, 0.5) is 5.69 Å². The maximum absolute atomic E-state index is 10.6. The van der Waals surface area contributed by atoms with Crippen LogP contribution in [0.3, 0.4) is 0 Å². The topological polar surface area (TPSA) is 70.8 Å². The first-order valence-electron chi connectivity index (χ1n) is 6.48. The zero-order chi connectivity index (χ0) is 14.7. The molecule has 0 saturated carbocycles. The van der Waals surface area contributed by atoms with Crippen LogP contribution >= 0.6 is 0 Å². The fourth-order valence-electron chi connectivity index (χ4n) is 2.01. The van der Waals surface area contributed by atoms with Crippen LogP contribution in [-0.4, -0.2) is 18.1 Å². The van der Waals surface area contributed by atoms with Crippen LogP contribution in [-0.2, 0) is 6.61 Å². The van der Waals surface area contributed by atoms with Gasteiger partial charge in [0.2, 0.25) is 0 Å². The first-order chi connectivity index (χ1) is 10.2. The summed E-state index contributed by atoms with van der Waals surface area (Å²) >= 11 is 0. The summed E-state index contributed by atoms with van der Waals surface area (Å²) in [6, 6.07) is 11.6. The van der Waals surface area contributed by atoms with Gasteiger partial charge in [0.15, 0.2) is 11.5 Å². The number of non-ortho nitro benzene ring substituents is 1. The Hall–Kier alpha value is -2.76. The zero-order valence-corrected chi connectivity index (χ0v) is 11.2. The van der Waals surface area contributed by atoms with E-state index in [0.29, 0.717) is 31.3 Å². The number of benzene rings is 2. The van der Waals surface area contributed by atoms with Crippen molar-refractivity contribution in [3.8, 4) is 17.2 Å². The van der Waals surface area contributed by atoms with Crippen LogP contribution in [0.15, 0.2) is 42.5 Å². The van der Waals surface area contributed by atoms with Crippen molar-refractivity contribution >= 4 is 5.69 Å². The molecule has 0 radical (unpaired) electrons. The van der Waals surface area contributed by atoms with Gasteiger partial charge in [0.25, 0.3) is 5.69 Å². The Kier molecular flexibility index (Phi) is 3.59. The first-order valence-corrected chi connectivity index (χ1v) is 6.48. The lowest BCUT2D eigenvalue weighted by Gasteiger charge is -2.18. The van der Waals surface area contributed by atoms with Gasteiger partial charge in [0.05, 0.1) is 4.92 Å². The van der Waals surface area contributed by atoms with Crippen LogP contribution in [0.5, 0.6) is 17.2 Å². The van der Waals surface area contributed by atoms with Gasteiger partial charge < -0.3 is 14.2 Å². The molecule has 1 heterocycles. The Morgan fingerprint density at radius 2 is 1.76 bits per heavy atom. The fraction of sp³-hybridized carbons (Fsp3) is 0.200. The molecule has 6 heteroatoms. The van der Waals surface area contributed by atoms with E-state index in [4.69, 9.17) is 14.2 Å². The van der Waals surface area contributed by atoms with Gasteiger partial charge in [-0.2, -0.15) is 0 Å². The lowest BCUT2D eigenvalue weighted by molar-refractivity contribution is -0.384. The van der Waals surface area contributed by atoms with Crippen LogP contribution in [0.2, 0.25) is 0 Å². The molecule has 0 aromatic heterocycles. The summed E-state index contributed by atoms with van der Waals surface area (Å²) in [6.07, 6.45) is 0. The van der Waals surface area contributed by atoms with E-state index in [1.807, 2.05) is 18.2 Å². The average Bonchev–Trinajstić information content (AvgIpc) is 2.53. The molecule has 1 aliphatic rings. The number of rotatable bonds is 4. The molecule has 0 spiro atoms. The van der Waals surface area contributed by atoms with Crippen LogP contribution in [0, 0.1) is 10.1 Å². The highest BCUT2D eigenvalue weighted by molar-refractivity contribution is 5.44. The summed E-state index contributed by atoms with van der Waals surface area (Å²) in [5, 5.41) is 10.6. The zero-order valence-electron chi connectivity index (χ0n) is 11.2. The van der Waals surface area contributed by atoms with Gasteiger partial charge in [0.1, 0.15) is 25.6 Å². The van der Waals surface area contributed by atoms with Crippen molar-refractivity contribution < 1.29 is 19.1 Å². The molecule has 2 aromatic rings. The fourth-order valence-corrected chi connectivity index (χ4v) is 2.01. The second-order valence-corrected chi connectivity index (χ2v) is 4.52. The van der Waals surface area contributed by atoms with Crippen molar-refractivity contribution in [2.45, 2.75) is 6.61 Å². The highest BCUT2D eigenvalue weighted by Crippen LogP contribution is 2.31.